The molecule has 0 bridgehead atoms. The van der Waals surface area contributed by atoms with Crippen molar-refractivity contribution < 1.29 is 14.0 Å². The van der Waals surface area contributed by atoms with Gasteiger partial charge in [-0.05, 0) is 6.07 Å². The fourth-order valence-electron chi connectivity index (χ4n) is 1.14. The van der Waals surface area contributed by atoms with Gasteiger partial charge in [-0.1, -0.05) is 18.2 Å². The van der Waals surface area contributed by atoms with Crippen LogP contribution in [-0.2, 0) is 11.3 Å². The van der Waals surface area contributed by atoms with Crippen molar-refractivity contribution >= 4 is 23.5 Å². The molecular formula is C11H12ClFN2O2. The lowest BCUT2D eigenvalue weighted by Crippen LogP contribution is -2.39. The Morgan fingerprint density at radius 1 is 1.29 bits per heavy atom. The smallest absolute Gasteiger partial charge is 0.321 e. The number of urea groups is 1. The summed E-state index contributed by atoms with van der Waals surface area (Å²) >= 11 is 5.33. The molecule has 0 aliphatic heterocycles. The summed E-state index contributed by atoms with van der Waals surface area (Å²) < 4.78 is 13.2. The topological polar surface area (TPSA) is 58.2 Å². The largest absolute Gasteiger partial charge is 0.334 e. The molecule has 1 aromatic rings. The van der Waals surface area contributed by atoms with Crippen LogP contribution in [0.25, 0.3) is 0 Å². The summed E-state index contributed by atoms with van der Waals surface area (Å²) in [5, 5.41) is 4.45. The van der Waals surface area contributed by atoms with Gasteiger partial charge < -0.3 is 5.32 Å². The Morgan fingerprint density at radius 3 is 2.65 bits per heavy atom. The van der Waals surface area contributed by atoms with E-state index in [1.54, 1.807) is 18.2 Å². The van der Waals surface area contributed by atoms with E-state index in [9.17, 15) is 14.0 Å². The standard InChI is InChI=1S/C11H12ClFN2O2/c12-6-5-10(16)15-11(17)14-7-8-3-1-2-4-9(8)13/h1-4H,5-7H2,(H2,14,15,16,17). The number of benzene rings is 1. The van der Waals surface area contributed by atoms with Gasteiger partial charge in [0.05, 0.1) is 0 Å². The minimum atomic E-state index is -0.664. The Balaban J connectivity index is 2.38. The average molecular weight is 259 g/mol. The maximum absolute atomic E-state index is 13.2. The number of halogens is 2. The number of carbonyl (C=O) groups is 2. The van der Waals surface area contributed by atoms with E-state index in [-0.39, 0.29) is 18.8 Å². The van der Waals surface area contributed by atoms with Crippen LogP contribution < -0.4 is 10.6 Å². The van der Waals surface area contributed by atoms with E-state index in [4.69, 9.17) is 11.6 Å². The number of rotatable bonds is 4. The number of hydrogen-bond acceptors (Lipinski definition) is 2. The van der Waals surface area contributed by atoms with Crippen LogP contribution in [0.3, 0.4) is 0 Å². The molecule has 4 nitrogen and oxygen atoms in total. The molecule has 0 aromatic heterocycles. The van der Waals surface area contributed by atoms with Crippen molar-refractivity contribution in [1.29, 1.82) is 0 Å². The van der Waals surface area contributed by atoms with E-state index in [1.807, 2.05) is 0 Å². The molecule has 2 N–H and O–H groups in total. The number of alkyl halides is 1. The molecule has 1 aromatic carbocycles. The Bertz CT molecular complexity index is 412. The molecule has 0 fully saturated rings. The number of hydrogen-bond donors (Lipinski definition) is 2. The van der Waals surface area contributed by atoms with Gasteiger partial charge in [-0.25, -0.2) is 9.18 Å². The van der Waals surface area contributed by atoms with Gasteiger partial charge in [0.25, 0.3) is 0 Å². The molecule has 0 aliphatic carbocycles. The van der Waals surface area contributed by atoms with Crippen molar-refractivity contribution in [3.63, 3.8) is 0 Å². The molecule has 0 unspecified atom stereocenters. The second kappa shape index (κ2) is 6.85. The summed E-state index contributed by atoms with van der Waals surface area (Å²) in [6.07, 6.45) is 0.0642. The monoisotopic (exact) mass is 258 g/mol. The quantitative estimate of drug-likeness (QED) is 0.809. The Kier molecular flexibility index (Phi) is 5.42. The van der Waals surface area contributed by atoms with E-state index < -0.39 is 17.8 Å². The van der Waals surface area contributed by atoms with E-state index in [0.29, 0.717) is 5.56 Å². The van der Waals surface area contributed by atoms with E-state index in [0.717, 1.165) is 0 Å². The molecule has 0 aliphatic rings. The van der Waals surface area contributed by atoms with Gasteiger partial charge in [0.1, 0.15) is 5.82 Å². The van der Waals surface area contributed by atoms with Crippen LogP contribution in [0.5, 0.6) is 0 Å². The summed E-state index contributed by atoms with van der Waals surface area (Å²) in [7, 11) is 0. The molecule has 0 heterocycles. The fraction of sp³-hybridized carbons (Fsp3) is 0.273. The minimum Gasteiger partial charge on any atom is -0.334 e. The summed E-state index contributed by atoms with van der Waals surface area (Å²) in [5.74, 6) is -0.724. The Morgan fingerprint density at radius 2 is 2.00 bits per heavy atom. The molecule has 17 heavy (non-hydrogen) atoms. The average Bonchev–Trinajstić information content (AvgIpc) is 2.28. The lowest BCUT2D eigenvalue weighted by molar-refractivity contribution is -0.119. The van der Waals surface area contributed by atoms with Crippen LogP contribution in [0.15, 0.2) is 24.3 Å². The van der Waals surface area contributed by atoms with Crippen LogP contribution in [0.1, 0.15) is 12.0 Å². The van der Waals surface area contributed by atoms with Crippen molar-refractivity contribution in [1.82, 2.24) is 10.6 Å². The summed E-state index contributed by atoms with van der Waals surface area (Å²) in [6.45, 7) is 0.0205. The zero-order valence-corrected chi connectivity index (χ0v) is 9.76. The molecule has 3 amide bonds. The first-order valence-electron chi connectivity index (χ1n) is 5.00. The second-order valence-corrected chi connectivity index (χ2v) is 3.64. The highest BCUT2D eigenvalue weighted by Crippen LogP contribution is 2.05. The maximum atomic E-state index is 13.2. The molecule has 92 valence electrons. The van der Waals surface area contributed by atoms with Crippen molar-refractivity contribution in [3.05, 3.63) is 35.6 Å². The maximum Gasteiger partial charge on any atom is 0.321 e. The van der Waals surface area contributed by atoms with Crippen molar-refractivity contribution in [3.8, 4) is 0 Å². The number of amides is 3. The van der Waals surface area contributed by atoms with Crippen LogP contribution in [0, 0.1) is 5.82 Å². The highest BCUT2D eigenvalue weighted by atomic mass is 35.5. The zero-order valence-electron chi connectivity index (χ0n) is 9.00. The van der Waals surface area contributed by atoms with Crippen LogP contribution in [-0.4, -0.2) is 17.8 Å². The molecule has 0 spiro atoms. The number of carbonyl (C=O) groups excluding carboxylic acids is 2. The van der Waals surface area contributed by atoms with E-state index >= 15 is 0 Å². The van der Waals surface area contributed by atoms with Gasteiger partial charge >= 0.3 is 6.03 Å². The molecule has 0 radical (unpaired) electrons. The third-order valence-electron chi connectivity index (χ3n) is 1.97. The van der Waals surface area contributed by atoms with E-state index in [2.05, 4.69) is 10.6 Å². The minimum absolute atomic E-state index is 0.0205. The molecule has 0 atom stereocenters. The van der Waals surface area contributed by atoms with Crippen molar-refractivity contribution in [2.45, 2.75) is 13.0 Å². The second-order valence-electron chi connectivity index (χ2n) is 3.26. The lowest BCUT2D eigenvalue weighted by atomic mass is 10.2. The van der Waals surface area contributed by atoms with Gasteiger partial charge in [-0.15, -0.1) is 11.6 Å². The summed E-state index contributed by atoms with van der Waals surface area (Å²) in [6, 6.07) is 5.41. The van der Waals surface area contributed by atoms with Gasteiger partial charge in [-0.3, -0.25) is 10.1 Å². The first-order valence-corrected chi connectivity index (χ1v) is 5.54. The first-order chi connectivity index (χ1) is 8.13. The van der Waals surface area contributed by atoms with Gasteiger partial charge in [0.2, 0.25) is 5.91 Å². The molecule has 0 saturated heterocycles. The van der Waals surface area contributed by atoms with Crippen LogP contribution in [0.4, 0.5) is 9.18 Å². The van der Waals surface area contributed by atoms with E-state index in [1.165, 1.54) is 6.07 Å². The summed E-state index contributed by atoms with van der Waals surface area (Å²) in [4.78, 5) is 22.2. The molecule has 6 heteroatoms. The highest BCUT2D eigenvalue weighted by Gasteiger charge is 2.07. The summed E-state index contributed by atoms with van der Waals surface area (Å²) in [5.41, 5.74) is 0.354. The normalized spacial score (nSPS) is 9.76. The zero-order chi connectivity index (χ0) is 12.7. The first kappa shape index (κ1) is 13.4. The molecule has 1 rings (SSSR count). The molecular weight excluding hydrogens is 247 g/mol. The van der Waals surface area contributed by atoms with Gasteiger partial charge in [0, 0.05) is 24.4 Å². The third kappa shape index (κ3) is 4.82. The third-order valence-corrected chi connectivity index (χ3v) is 2.16. The predicted molar refractivity (Wildman–Crippen MR) is 62.1 cm³/mol. The number of nitrogens with one attached hydrogen (secondary N) is 2. The van der Waals surface area contributed by atoms with Gasteiger partial charge in [0.15, 0.2) is 0 Å². The Labute approximate surface area is 103 Å². The van der Waals surface area contributed by atoms with Crippen LogP contribution >= 0.6 is 11.6 Å². The van der Waals surface area contributed by atoms with Crippen LogP contribution in [0.2, 0.25) is 0 Å². The van der Waals surface area contributed by atoms with Crippen molar-refractivity contribution in [2.24, 2.45) is 0 Å². The molecule has 0 saturated carbocycles. The van der Waals surface area contributed by atoms with Gasteiger partial charge in [-0.2, -0.15) is 0 Å². The fourth-order valence-corrected chi connectivity index (χ4v) is 1.31. The predicted octanol–water partition coefficient (Wildman–Crippen LogP) is 1.78. The van der Waals surface area contributed by atoms with Crippen molar-refractivity contribution in [2.75, 3.05) is 5.88 Å². The Hall–Kier alpha value is -1.62. The number of imide groups is 1. The highest BCUT2D eigenvalue weighted by molar-refractivity contribution is 6.19. The lowest BCUT2D eigenvalue weighted by Gasteiger charge is -2.06. The SMILES string of the molecule is O=C(CCCl)NC(=O)NCc1ccccc1F.